The second-order valence-electron chi connectivity index (χ2n) is 29.7. The Morgan fingerprint density at radius 2 is 0.486 bits per heavy atom. The molecule has 632 valence electrons. The topological polar surface area (TPSA) is 231 Å². The van der Waals surface area contributed by atoms with Crippen molar-refractivity contribution in [2.45, 2.75) is 411 Å². The second-order valence-corrected chi connectivity index (χ2v) is 32.6. The minimum atomic E-state index is -4.93. The van der Waals surface area contributed by atoms with Gasteiger partial charge in [0, 0.05) is 19.3 Å². The molecule has 0 bridgehead atoms. The first-order valence-corrected chi connectivity index (χ1v) is 47.2. The summed E-state index contributed by atoms with van der Waals surface area (Å²) in [5.41, 5.74) is 0. The molecule has 0 heterocycles. The van der Waals surface area contributed by atoms with Gasteiger partial charge in [-0.25, -0.2) is 9.13 Å². The highest BCUT2D eigenvalue weighted by atomic mass is 31.2. The molecule has 0 amide bonds. The van der Waals surface area contributed by atoms with Crippen LogP contribution >= 0.6 is 15.6 Å². The van der Waals surface area contributed by atoms with Gasteiger partial charge in [0.05, 0.1) is 26.4 Å². The van der Waals surface area contributed by atoms with Gasteiger partial charge in [0.25, 0.3) is 0 Å². The van der Waals surface area contributed by atoms with E-state index in [4.69, 9.17) is 32.3 Å². The average molecular weight is 1570 g/mol. The Labute approximate surface area is 666 Å². The van der Waals surface area contributed by atoms with Crippen molar-refractivity contribution >= 4 is 33.6 Å². The lowest BCUT2D eigenvalue weighted by Crippen LogP contribution is -2.30. The van der Waals surface area contributed by atoms with Crippen molar-refractivity contribution in [3.63, 3.8) is 0 Å². The highest BCUT2D eigenvalue weighted by Crippen LogP contribution is 2.45. The zero-order valence-electron chi connectivity index (χ0n) is 69.5. The van der Waals surface area contributed by atoms with E-state index in [9.17, 15) is 43.5 Å². The van der Waals surface area contributed by atoms with Crippen LogP contribution in [0, 0.1) is 0 Å². The fraction of sp³-hybridized carbons (Fsp3) is 0.769. The zero-order chi connectivity index (χ0) is 79.4. The summed E-state index contributed by atoms with van der Waals surface area (Å²) in [5, 5.41) is 20.7. The molecule has 0 fully saturated rings. The highest BCUT2D eigenvalue weighted by Gasteiger charge is 2.29. The summed E-state index contributed by atoms with van der Waals surface area (Å²) in [6, 6.07) is 0. The van der Waals surface area contributed by atoms with Crippen LogP contribution in [0.5, 0.6) is 0 Å². The summed E-state index contributed by atoms with van der Waals surface area (Å²) in [6.07, 6.45) is 100.0. The van der Waals surface area contributed by atoms with Gasteiger partial charge in [-0.2, -0.15) is 0 Å². The van der Waals surface area contributed by atoms with E-state index in [0.29, 0.717) is 19.3 Å². The number of rotatable bonds is 84. The van der Waals surface area contributed by atoms with Gasteiger partial charge in [-0.3, -0.25) is 32.5 Å². The predicted molar refractivity (Wildman–Crippen MR) is 454 cm³/mol. The number of unbranched alkanes of at least 4 members (excludes halogenated alkanes) is 43. The highest BCUT2D eigenvalue weighted by molar-refractivity contribution is 7.47. The van der Waals surface area contributed by atoms with Crippen molar-refractivity contribution in [1.29, 1.82) is 0 Å². The molecule has 0 aromatic rings. The zero-order valence-corrected chi connectivity index (χ0v) is 71.3. The molecular formula is C91H162O16P2. The molecule has 0 radical (unpaired) electrons. The summed E-state index contributed by atoms with van der Waals surface area (Å²) in [7, 11) is -9.79. The number of hydrogen-bond acceptors (Lipinski definition) is 14. The summed E-state index contributed by atoms with van der Waals surface area (Å²) in [5.74, 6) is -1.56. The van der Waals surface area contributed by atoms with Crippen molar-refractivity contribution in [2.75, 3.05) is 39.6 Å². The standard InChI is InChI=1S/C91H162O16P2/c1-4-7-10-13-16-19-22-25-28-30-32-34-36-38-39-40-41-42-43-44-45-47-49-50-52-54-57-59-62-65-68-71-74-77-89(94)101-80-86(92)81-103-108(97,98)104-82-87(93)83-105-109(99,100)106-85-88(107-91(96)79-76-73-70-67-64-61-56-27-24-21-18-15-12-9-6-3)84-102-90(95)78-75-72-69-66-63-60-58-55-53-51-48-46-37-35-33-31-29-26-23-20-17-14-11-8-5-2/h8,11,16-17,19-20,25-26,28-29,32-35,38-39,46,48,86-88,92-93H,4-7,9-10,12-15,18,21-24,27,30-31,36-37,40-45,47,49-85H2,1-3H3,(H,97,98)(H,99,100)/b11-8-,19-16-,20-17-,28-25-,29-26-,34-32-,35-33-,39-38-,48-46-. The average Bonchev–Trinajstić information content (AvgIpc) is 0.904. The summed E-state index contributed by atoms with van der Waals surface area (Å²) in [6.45, 7) is 2.60. The van der Waals surface area contributed by atoms with Crippen LogP contribution in [-0.4, -0.2) is 95.9 Å². The van der Waals surface area contributed by atoms with Gasteiger partial charge in [0.1, 0.15) is 25.4 Å². The maximum Gasteiger partial charge on any atom is 0.472 e. The molecule has 18 heteroatoms. The lowest BCUT2D eigenvalue weighted by atomic mass is 10.0. The van der Waals surface area contributed by atoms with Crippen molar-refractivity contribution in [3.05, 3.63) is 109 Å². The Bertz CT molecular complexity index is 2420. The van der Waals surface area contributed by atoms with Crippen LogP contribution in [0.4, 0.5) is 0 Å². The van der Waals surface area contributed by atoms with E-state index in [1.807, 2.05) is 0 Å². The van der Waals surface area contributed by atoms with Gasteiger partial charge in [-0.15, -0.1) is 0 Å². The van der Waals surface area contributed by atoms with Crippen LogP contribution in [0.3, 0.4) is 0 Å². The third-order valence-corrected chi connectivity index (χ3v) is 20.9. The summed E-state index contributed by atoms with van der Waals surface area (Å²) in [4.78, 5) is 58.8. The molecule has 0 aliphatic rings. The fourth-order valence-electron chi connectivity index (χ4n) is 12.3. The van der Waals surface area contributed by atoms with Crippen LogP contribution in [0.25, 0.3) is 0 Å². The Balaban J connectivity index is 4.44. The number of phosphoric ester groups is 2. The minimum absolute atomic E-state index is 0.107. The SMILES string of the molecule is CC/C=C\C/C=C\C/C=C\C/C=C\C/C=C\CCCCCCCCCCCC(=O)OCC(COP(=O)(O)OCC(O)COP(=O)(O)OCC(O)COC(=O)CCCCCCCCCCCCCCCCCCC/C=C\C/C=C\C/C=C\C/C=C\CCCCC)OC(=O)CCCCCCCCCCCCCCCCC. The van der Waals surface area contributed by atoms with E-state index >= 15 is 0 Å². The van der Waals surface area contributed by atoms with Crippen molar-refractivity contribution in [2.24, 2.45) is 0 Å². The van der Waals surface area contributed by atoms with E-state index in [-0.39, 0.29) is 19.3 Å². The van der Waals surface area contributed by atoms with E-state index in [2.05, 4.69) is 130 Å². The molecule has 0 saturated heterocycles. The molecule has 5 unspecified atom stereocenters. The van der Waals surface area contributed by atoms with Crippen LogP contribution in [-0.2, 0) is 55.8 Å². The Kier molecular flexibility index (Phi) is 80.7. The van der Waals surface area contributed by atoms with Crippen LogP contribution in [0.2, 0.25) is 0 Å². The number of allylic oxidation sites excluding steroid dienone is 18. The number of carbonyl (C=O) groups is 3. The van der Waals surface area contributed by atoms with E-state index in [1.165, 1.54) is 205 Å². The third-order valence-electron chi connectivity index (χ3n) is 19.0. The Morgan fingerprint density at radius 3 is 0.789 bits per heavy atom. The molecule has 0 spiro atoms. The molecule has 0 aliphatic heterocycles. The molecule has 0 aromatic heterocycles. The first kappa shape index (κ1) is 105. The normalized spacial score (nSPS) is 14.4. The maximum atomic E-state index is 13.0. The van der Waals surface area contributed by atoms with Crippen molar-refractivity contribution in [1.82, 2.24) is 0 Å². The molecule has 0 aliphatic carbocycles. The number of hydrogen-bond donors (Lipinski definition) is 4. The van der Waals surface area contributed by atoms with Crippen molar-refractivity contribution < 1.29 is 75.8 Å². The second kappa shape index (κ2) is 83.6. The molecule has 0 rings (SSSR count). The van der Waals surface area contributed by atoms with Gasteiger partial charge in [-0.1, -0.05) is 374 Å². The van der Waals surface area contributed by atoms with Gasteiger partial charge >= 0.3 is 33.6 Å². The van der Waals surface area contributed by atoms with Gasteiger partial charge < -0.3 is 34.2 Å². The first-order chi connectivity index (χ1) is 53.2. The number of aliphatic hydroxyl groups is 2. The smallest absolute Gasteiger partial charge is 0.463 e. The number of phosphoric acid groups is 2. The van der Waals surface area contributed by atoms with Crippen LogP contribution < -0.4 is 0 Å². The lowest BCUT2D eigenvalue weighted by Gasteiger charge is -2.21. The Morgan fingerprint density at radius 1 is 0.266 bits per heavy atom. The van der Waals surface area contributed by atoms with Crippen molar-refractivity contribution in [3.8, 4) is 0 Å². The molecule has 0 saturated carbocycles. The molecule has 4 N–H and O–H groups in total. The Hall–Kier alpha value is -3.79. The quantitative estimate of drug-likeness (QED) is 0.0146. The maximum absolute atomic E-state index is 13.0. The number of esters is 3. The first-order valence-electron chi connectivity index (χ1n) is 44.2. The molecule has 16 nitrogen and oxygen atoms in total. The molecule has 5 atom stereocenters. The van der Waals surface area contributed by atoms with Gasteiger partial charge in [0.2, 0.25) is 0 Å². The van der Waals surface area contributed by atoms with Crippen LogP contribution in [0.15, 0.2) is 109 Å². The van der Waals surface area contributed by atoms with E-state index < -0.39 is 91.5 Å². The summed E-state index contributed by atoms with van der Waals surface area (Å²) < 4.78 is 61.3. The molecular weight excluding hydrogens is 1410 g/mol. The van der Waals surface area contributed by atoms with E-state index in [1.54, 1.807) is 0 Å². The van der Waals surface area contributed by atoms with E-state index in [0.717, 1.165) is 128 Å². The number of aliphatic hydroxyl groups excluding tert-OH is 2. The number of ether oxygens (including phenoxy) is 3. The third kappa shape index (κ3) is 84.9. The van der Waals surface area contributed by atoms with Gasteiger partial charge in [-0.05, 0) is 109 Å². The molecule has 109 heavy (non-hydrogen) atoms. The molecule has 0 aromatic carbocycles. The largest absolute Gasteiger partial charge is 0.472 e. The van der Waals surface area contributed by atoms with Crippen LogP contribution in [0.1, 0.15) is 393 Å². The monoisotopic (exact) mass is 1570 g/mol. The fourth-order valence-corrected chi connectivity index (χ4v) is 13.9. The minimum Gasteiger partial charge on any atom is -0.463 e. The van der Waals surface area contributed by atoms with Gasteiger partial charge in [0.15, 0.2) is 6.10 Å². The lowest BCUT2D eigenvalue weighted by molar-refractivity contribution is -0.161. The predicted octanol–water partition coefficient (Wildman–Crippen LogP) is 26.7. The number of carbonyl (C=O) groups excluding carboxylic acids is 3. The summed E-state index contributed by atoms with van der Waals surface area (Å²) >= 11 is 0.